The maximum absolute atomic E-state index is 12.6. The summed E-state index contributed by atoms with van der Waals surface area (Å²) in [6.07, 6.45) is 1.32. The molecule has 5 nitrogen and oxygen atoms in total. The summed E-state index contributed by atoms with van der Waals surface area (Å²) in [5, 5.41) is 12.9. The summed E-state index contributed by atoms with van der Waals surface area (Å²) in [6.45, 7) is 1.40. The van der Waals surface area contributed by atoms with Gasteiger partial charge >= 0.3 is 0 Å². The molecule has 0 aliphatic heterocycles. The van der Waals surface area contributed by atoms with E-state index in [4.69, 9.17) is 4.42 Å². The van der Waals surface area contributed by atoms with Gasteiger partial charge in [-0.3, -0.25) is 9.59 Å². The van der Waals surface area contributed by atoms with Crippen LogP contribution >= 0.6 is 0 Å². The molecule has 0 aliphatic carbocycles. The lowest BCUT2D eigenvalue weighted by Crippen LogP contribution is -2.07. The van der Waals surface area contributed by atoms with E-state index in [0.717, 1.165) is 0 Å². The quantitative estimate of drug-likeness (QED) is 0.761. The van der Waals surface area contributed by atoms with Crippen molar-refractivity contribution in [1.82, 2.24) is 0 Å². The van der Waals surface area contributed by atoms with Crippen LogP contribution in [0.2, 0.25) is 0 Å². The number of fused-ring (bicyclic) bond motifs is 1. The van der Waals surface area contributed by atoms with Gasteiger partial charge in [0.15, 0.2) is 0 Å². The SMILES string of the molecule is CC(=O)Nc1ccc2c(=O)c(-c3ccccc3O)coc2c1. The molecule has 0 atom stereocenters. The lowest BCUT2D eigenvalue weighted by molar-refractivity contribution is -0.114. The van der Waals surface area contributed by atoms with Crippen LogP contribution in [-0.2, 0) is 4.79 Å². The van der Waals surface area contributed by atoms with Crippen molar-refractivity contribution in [2.24, 2.45) is 0 Å². The van der Waals surface area contributed by atoms with E-state index in [1.54, 1.807) is 36.4 Å². The van der Waals surface area contributed by atoms with Gasteiger partial charge in [0.25, 0.3) is 0 Å². The van der Waals surface area contributed by atoms with Crippen molar-refractivity contribution in [2.75, 3.05) is 5.32 Å². The second-order valence-electron chi connectivity index (χ2n) is 4.89. The lowest BCUT2D eigenvalue weighted by atomic mass is 10.0. The molecule has 3 rings (SSSR count). The van der Waals surface area contributed by atoms with Crippen LogP contribution in [0, 0.1) is 0 Å². The van der Waals surface area contributed by atoms with Gasteiger partial charge in [-0.15, -0.1) is 0 Å². The number of phenolic OH excluding ortho intramolecular Hbond substituents is 1. The summed E-state index contributed by atoms with van der Waals surface area (Å²) in [5.41, 5.74) is 1.40. The molecule has 1 aromatic heterocycles. The predicted molar refractivity (Wildman–Crippen MR) is 83.9 cm³/mol. The van der Waals surface area contributed by atoms with Crippen LogP contribution in [0.15, 0.2) is 57.9 Å². The predicted octanol–water partition coefficient (Wildman–Crippen LogP) is 3.12. The van der Waals surface area contributed by atoms with E-state index in [2.05, 4.69) is 5.32 Å². The van der Waals surface area contributed by atoms with Crippen molar-refractivity contribution in [3.05, 3.63) is 59.0 Å². The molecule has 3 aromatic rings. The van der Waals surface area contributed by atoms with E-state index in [1.165, 1.54) is 19.3 Å². The van der Waals surface area contributed by atoms with Crippen LogP contribution in [0.3, 0.4) is 0 Å². The topological polar surface area (TPSA) is 79.5 Å². The van der Waals surface area contributed by atoms with Crippen molar-refractivity contribution in [2.45, 2.75) is 6.92 Å². The third-order valence-corrected chi connectivity index (χ3v) is 3.29. The molecular formula is C17H13NO4. The molecule has 0 saturated carbocycles. The van der Waals surface area contributed by atoms with Gasteiger partial charge in [-0.1, -0.05) is 18.2 Å². The van der Waals surface area contributed by atoms with E-state index in [0.29, 0.717) is 22.2 Å². The molecule has 0 unspecified atom stereocenters. The minimum absolute atomic E-state index is 0.0176. The van der Waals surface area contributed by atoms with E-state index >= 15 is 0 Å². The first-order valence-electron chi connectivity index (χ1n) is 6.68. The normalized spacial score (nSPS) is 10.6. The Morgan fingerprint density at radius 2 is 1.91 bits per heavy atom. The summed E-state index contributed by atoms with van der Waals surface area (Å²) in [7, 11) is 0. The Bertz CT molecular complexity index is 927. The Labute approximate surface area is 125 Å². The Morgan fingerprint density at radius 1 is 1.14 bits per heavy atom. The molecule has 22 heavy (non-hydrogen) atoms. The number of rotatable bonds is 2. The van der Waals surface area contributed by atoms with Crippen LogP contribution in [0.1, 0.15) is 6.92 Å². The van der Waals surface area contributed by atoms with Crippen molar-refractivity contribution in [3.8, 4) is 16.9 Å². The van der Waals surface area contributed by atoms with Gasteiger partial charge in [0.1, 0.15) is 17.6 Å². The molecule has 0 radical (unpaired) electrons. The minimum Gasteiger partial charge on any atom is -0.507 e. The number of amides is 1. The second-order valence-corrected chi connectivity index (χ2v) is 4.89. The van der Waals surface area contributed by atoms with Gasteiger partial charge in [-0.2, -0.15) is 0 Å². The van der Waals surface area contributed by atoms with Crippen LogP contribution < -0.4 is 10.7 Å². The van der Waals surface area contributed by atoms with Crippen molar-refractivity contribution in [3.63, 3.8) is 0 Å². The molecule has 0 spiro atoms. The molecule has 2 N–H and O–H groups in total. The number of carbonyl (C=O) groups is 1. The van der Waals surface area contributed by atoms with Gasteiger partial charge in [-0.05, 0) is 18.2 Å². The summed E-state index contributed by atoms with van der Waals surface area (Å²) < 4.78 is 5.49. The van der Waals surface area contributed by atoms with Crippen molar-refractivity contribution >= 4 is 22.6 Å². The summed E-state index contributed by atoms with van der Waals surface area (Å²) >= 11 is 0. The Morgan fingerprint density at radius 3 is 2.64 bits per heavy atom. The van der Waals surface area contributed by atoms with Gasteiger partial charge in [0.05, 0.1) is 10.9 Å². The molecule has 1 amide bonds. The molecule has 110 valence electrons. The highest BCUT2D eigenvalue weighted by atomic mass is 16.3. The number of nitrogens with one attached hydrogen (secondary N) is 1. The number of aromatic hydroxyl groups is 1. The Kier molecular flexibility index (Phi) is 3.39. The maximum Gasteiger partial charge on any atom is 0.221 e. The molecule has 2 aromatic carbocycles. The highest BCUT2D eigenvalue weighted by Gasteiger charge is 2.12. The van der Waals surface area contributed by atoms with Gasteiger partial charge in [0.2, 0.25) is 11.3 Å². The summed E-state index contributed by atoms with van der Waals surface area (Å²) in [5.74, 6) is -0.184. The molecule has 0 aliphatic rings. The molecule has 0 fully saturated rings. The number of benzene rings is 2. The van der Waals surface area contributed by atoms with E-state index in [1.807, 2.05) is 0 Å². The fourth-order valence-electron chi connectivity index (χ4n) is 2.30. The standard InChI is InChI=1S/C17H13NO4/c1-10(19)18-11-6-7-13-16(8-11)22-9-14(17(13)21)12-4-2-3-5-15(12)20/h2-9,20H,1H3,(H,18,19). The first-order valence-corrected chi connectivity index (χ1v) is 6.68. The number of para-hydroxylation sites is 1. The van der Waals surface area contributed by atoms with Crippen LogP contribution in [0.25, 0.3) is 22.1 Å². The first kappa shape index (κ1) is 13.9. The molecule has 0 bridgehead atoms. The third kappa shape index (κ3) is 2.44. The van der Waals surface area contributed by atoms with Gasteiger partial charge in [0, 0.05) is 24.2 Å². The van der Waals surface area contributed by atoms with Crippen LogP contribution in [0.4, 0.5) is 5.69 Å². The maximum atomic E-state index is 12.6. The lowest BCUT2D eigenvalue weighted by Gasteiger charge is -2.06. The van der Waals surface area contributed by atoms with E-state index in [9.17, 15) is 14.7 Å². The molecule has 1 heterocycles. The zero-order chi connectivity index (χ0) is 15.7. The zero-order valence-electron chi connectivity index (χ0n) is 11.8. The summed E-state index contributed by atoms with van der Waals surface area (Å²) in [4.78, 5) is 23.6. The smallest absolute Gasteiger partial charge is 0.221 e. The van der Waals surface area contributed by atoms with Crippen molar-refractivity contribution in [1.29, 1.82) is 0 Å². The first-order chi connectivity index (χ1) is 10.6. The van der Waals surface area contributed by atoms with Crippen LogP contribution in [-0.4, -0.2) is 11.0 Å². The van der Waals surface area contributed by atoms with Crippen LogP contribution in [0.5, 0.6) is 5.75 Å². The van der Waals surface area contributed by atoms with E-state index in [-0.39, 0.29) is 22.6 Å². The average molecular weight is 295 g/mol. The van der Waals surface area contributed by atoms with Crippen molar-refractivity contribution < 1.29 is 14.3 Å². The fourth-order valence-corrected chi connectivity index (χ4v) is 2.30. The zero-order valence-corrected chi connectivity index (χ0v) is 11.8. The average Bonchev–Trinajstić information content (AvgIpc) is 2.48. The highest BCUT2D eigenvalue weighted by molar-refractivity contribution is 5.92. The highest BCUT2D eigenvalue weighted by Crippen LogP contribution is 2.28. The fraction of sp³-hybridized carbons (Fsp3) is 0.0588. The number of hydrogen-bond acceptors (Lipinski definition) is 4. The van der Waals surface area contributed by atoms with E-state index < -0.39 is 0 Å². The Hall–Kier alpha value is -3.08. The number of phenols is 1. The third-order valence-electron chi connectivity index (χ3n) is 3.29. The Balaban J connectivity index is 2.17. The largest absolute Gasteiger partial charge is 0.507 e. The van der Waals surface area contributed by atoms with Gasteiger partial charge in [-0.25, -0.2) is 0 Å². The summed E-state index contributed by atoms with van der Waals surface area (Å²) in [6, 6.07) is 11.4. The number of anilines is 1. The second kappa shape index (κ2) is 5.37. The molecular weight excluding hydrogens is 282 g/mol. The number of carbonyl (C=O) groups excluding carboxylic acids is 1. The minimum atomic E-state index is -0.239. The monoisotopic (exact) mass is 295 g/mol. The number of hydrogen-bond donors (Lipinski definition) is 2. The molecule has 5 heteroatoms. The van der Waals surface area contributed by atoms with Gasteiger partial charge < -0.3 is 14.8 Å². The molecule has 0 saturated heterocycles.